The first-order valence-electron chi connectivity index (χ1n) is 4.49. The number of hydrogen-bond donors (Lipinski definition) is 1. The molecule has 0 fully saturated rings. The predicted octanol–water partition coefficient (Wildman–Crippen LogP) is 0.335. The van der Waals surface area contributed by atoms with Crippen molar-refractivity contribution >= 4 is 17.4 Å². The van der Waals surface area contributed by atoms with Crippen LogP contribution in [0, 0.1) is 10.1 Å². The lowest BCUT2D eigenvalue weighted by Gasteiger charge is -1.88. The van der Waals surface area contributed by atoms with Gasteiger partial charge in [-0.2, -0.15) is 9.67 Å². The van der Waals surface area contributed by atoms with E-state index in [9.17, 15) is 10.1 Å². The summed E-state index contributed by atoms with van der Waals surface area (Å²) in [5.74, 6) is 0.196. The molecule has 2 N–H and O–H groups in total. The van der Waals surface area contributed by atoms with Gasteiger partial charge in [0.05, 0.1) is 17.8 Å². The molecule has 0 saturated carbocycles. The molecular weight excluding hydrogens is 252 g/mol. The van der Waals surface area contributed by atoms with Gasteiger partial charge in [0.15, 0.2) is 10.8 Å². The Hall–Kier alpha value is -2.00. The Morgan fingerprint density at radius 2 is 2.41 bits per heavy atom. The molecule has 0 atom stereocenters. The maximum absolute atomic E-state index is 10.5. The minimum Gasteiger partial charge on any atom is -0.358 e. The summed E-state index contributed by atoms with van der Waals surface area (Å²) in [6, 6.07) is 0. The molecule has 9 nitrogen and oxygen atoms in total. The monoisotopic (exact) mass is 258 g/mol. The van der Waals surface area contributed by atoms with Crippen LogP contribution in [0.3, 0.4) is 0 Å². The first kappa shape index (κ1) is 11.5. The van der Waals surface area contributed by atoms with Crippen LogP contribution in [0.1, 0.15) is 11.7 Å². The van der Waals surface area contributed by atoms with E-state index >= 15 is 0 Å². The average Bonchev–Trinajstić information content (AvgIpc) is 2.85. The normalized spacial score (nSPS) is 10.7. The fraction of sp³-hybridized carbons (Fsp3) is 0.286. The standard InChI is InChI=1S/C7H7ClN6O3/c8-4-2-13(11-7(4)14(15)16)3-5-10-6(1-9)17-12-5/h2H,1,3,9H2. The molecule has 0 radical (unpaired) electrons. The van der Waals surface area contributed by atoms with Gasteiger partial charge >= 0.3 is 5.82 Å². The molecular formula is C7H7ClN6O3. The number of halogens is 1. The Bertz CT molecular complexity index is 550. The first-order chi connectivity index (χ1) is 8.10. The summed E-state index contributed by atoms with van der Waals surface area (Å²) >= 11 is 5.63. The zero-order valence-corrected chi connectivity index (χ0v) is 9.16. The largest absolute Gasteiger partial charge is 0.408 e. The topological polar surface area (TPSA) is 126 Å². The lowest BCUT2D eigenvalue weighted by atomic mass is 10.6. The maximum atomic E-state index is 10.5. The van der Waals surface area contributed by atoms with E-state index in [1.165, 1.54) is 10.9 Å². The average molecular weight is 259 g/mol. The Kier molecular flexibility index (Phi) is 3.02. The van der Waals surface area contributed by atoms with Crippen molar-refractivity contribution in [2.75, 3.05) is 0 Å². The highest BCUT2D eigenvalue weighted by molar-refractivity contribution is 6.32. The highest BCUT2D eigenvalue weighted by Crippen LogP contribution is 2.21. The van der Waals surface area contributed by atoms with Crippen LogP contribution in [0.2, 0.25) is 5.02 Å². The number of nitrogens with two attached hydrogens (primary N) is 1. The van der Waals surface area contributed by atoms with Gasteiger partial charge in [-0.15, -0.1) is 0 Å². The van der Waals surface area contributed by atoms with Crippen molar-refractivity contribution < 1.29 is 9.45 Å². The lowest BCUT2D eigenvalue weighted by Crippen LogP contribution is -2.03. The van der Waals surface area contributed by atoms with Crippen molar-refractivity contribution in [2.45, 2.75) is 13.1 Å². The van der Waals surface area contributed by atoms with Gasteiger partial charge < -0.3 is 20.4 Å². The van der Waals surface area contributed by atoms with E-state index in [-0.39, 0.29) is 24.0 Å². The van der Waals surface area contributed by atoms with Crippen LogP contribution in [-0.4, -0.2) is 24.8 Å². The third kappa shape index (κ3) is 2.40. The van der Waals surface area contributed by atoms with Crippen LogP contribution in [0.5, 0.6) is 0 Å². The van der Waals surface area contributed by atoms with Gasteiger partial charge in [-0.3, -0.25) is 0 Å². The lowest BCUT2D eigenvalue weighted by molar-refractivity contribution is -0.389. The van der Waals surface area contributed by atoms with E-state index < -0.39 is 10.7 Å². The first-order valence-corrected chi connectivity index (χ1v) is 4.87. The van der Waals surface area contributed by atoms with Gasteiger partial charge in [-0.05, 0) is 4.92 Å². The minimum atomic E-state index is -0.666. The van der Waals surface area contributed by atoms with E-state index in [0.29, 0.717) is 5.82 Å². The quantitative estimate of drug-likeness (QED) is 0.618. The van der Waals surface area contributed by atoms with Crippen LogP contribution < -0.4 is 5.73 Å². The molecule has 0 bridgehead atoms. The Labute approximate surface area is 99.3 Å². The zero-order valence-electron chi connectivity index (χ0n) is 8.41. The van der Waals surface area contributed by atoms with Crippen LogP contribution in [0.25, 0.3) is 0 Å². The number of rotatable bonds is 4. The molecule has 0 aliphatic carbocycles. The molecule has 0 aliphatic heterocycles. The van der Waals surface area contributed by atoms with Crippen molar-refractivity contribution in [1.82, 2.24) is 19.9 Å². The smallest absolute Gasteiger partial charge is 0.358 e. The van der Waals surface area contributed by atoms with Crippen LogP contribution in [0.15, 0.2) is 10.7 Å². The number of aromatic nitrogens is 4. The summed E-state index contributed by atoms with van der Waals surface area (Å²) in [4.78, 5) is 13.8. The van der Waals surface area contributed by atoms with Gasteiger partial charge in [0.1, 0.15) is 6.54 Å². The van der Waals surface area contributed by atoms with E-state index in [0.717, 1.165) is 0 Å². The zero-order chi connectivity index (χ0) is 12.4. The van der Waals surface area contributed by atoms with Crippen molar-refractivity contribution in [3.05, 3.63) is 33.0 Å². The molecule has 2 aromatic rings. The molecule has 0 saturated heterocycles. The molecule has 2 aromatic heterocycles. The summed E-state index contributed by atoms with van der Waals surface area (Å²) in [6.07, 6.45) is 1.32. The fourth-order valence-corrected chi connectivity index (χ4v) is 1.39. The molecule has 90 valence electrons. The third-order valence-electron chi connectivity index (χ3n) is 1.86. The molecule has 0 amide bonds. The second-order valence-corrected chi connectivity index (χ2v) is 3.47. The molecule has 10 heteroatoms. The van der Waals surface area contributed by atoms with Gasteiger partial charge in [-0.25, -0.2) is 0 Å². The summed E-state index contributed by atoms with van der Waals surface area (Å²) in [6.45, 7) is 0.254. The summed E-state index contributed by atoms with van der Waals surface area (Å²) in [5, 5.41) is 17.8. The van der Waals surface area contributed by atoms with E-state index in [1.807, 2.05) is 0 Å². The van der Waals surface area contributed by atoms with Crippen molar-refractivity contribution in [3.8, 4) is 0 Å². The van der Waals surface area contributed by atoms with Crippen LogP contribution >= 0.6 is 11.6 Å². The summed E-state index contributed by atoms with van der Waals surface area (Å²) in [5.41, 5.74) is 5.30. The second-order valence-electron chi connectivity index (χ2n) is 3.06. The van der Waals surface area contributed by atoms with Crippen molar-refractivity contribution in [1.29, 1.82) is 0 Å². The van der Waals surface area contributed by atoms with E-state index in [4.69, 9.17) is 21.9 Å². The third-order valence-corrected chi connectivity index (χ3v) is 2.13. The number of hydrogen-bond acceptors (Lipinski definition) is 7. The van der Waals surface area contributed by atoms with E-state index in [2.05, 4.69) is 15.2 Å². The molecule has 0 unspecified atom stereocenters. The highest BCUT2D eigenvalue weighted by Gasteiger charge is 2.20. The molecule has 2 rings (SSSR count). The number of nitrogens with zero attached hydrogens (tertiary/aromatic N) is 5. The minimum absolute atomic E-state index is 0.0439. The van der Waals surface area contributed by atoms with E-state index in [1.54, 1.807) is 0 Å². The maximum Gasteiger partial charge on any atom is 0.408 e. The Morgan fingerprint density at radius 3 is 2.94 bits per heavy atom. The SMILES string of the molecule is NCc1nc(Cn2cc(Cl)c([N+](=O)[O-])n2)no1. The Morgan fingerprint density at radius 1 is 1.65 bits per heavy atom. The Balaban J connectivity index is 2.18. The van der Waals surface area contributed by atoms with Crippen LogP contribution in [-0.2, 0) is 13.1 Å². The molecule has 2 heterocycles. The molecule has 0 spiro atoms. The number of nitro groups is 1. The van der Waals surface area contributed by atoms with Gasteiger partial charge in [0.2, 0.25) is 5.89 Å². The highest BCUT2D eigenvalue weighted by atomic mass is 35.5. The molecule has 0 aromatic carbocycles. The summed E-state index contributed by atoms with van der Waals surface area (Å²) in [7, 11) is 0. The fourth-order valence-electron chi connectivity index (χ4n) is 1.17. The molecule has 0 aliphatic rings. The van der Waals surface area contributed by atoms with Crippen molar-refractivity contribution in [2.24, 2.45) is 5.73 Å². The van der Waals surface area contributed by atoms with Gasteiger partial charge in [-0.1, -0.05) is 16.8 Å². The van der Waals surface area contributed by atoms with Crippen LogP contribution in [0.4, 0.5) is 5.82 Å². The summed E-state index contributed by atoms with van der Waals surface area (Å²) < 4.78 is 6.03. The predicted molar refractivity (Wildman–Crippen MR) is 55.2 cm³/mol. The van der Waals surface area contributed by atoms with Crippen molar-refractivity contribution in [3.63, 3.8) is 0 Å². The molecule has 17 heavy (non-hydrogen) atoms. The second kappa shape index (κ2) is 4.47. The van der Waals surface area contributed by atoms with Gasteiger partial charge in [0.25, 0.3) is 0 Å². The van der Waals surface area contributed by atoms with Gasteiger partial charge in [0, 0.05) is 0 Å².